The van der Waals surface area contributed by atoms with Gasteiger partial charge >= 0.3 is 26.8 Å². The number of nitrogens with one attached hydrogen (secondary N) is 1. The molecule has 3 aromatic heterocycles. The molecule has 5 aromatic rings. The Labute approximate surface area is 269 Å². The topological polar surface area (TPSA) is 154 Å². The summed E-state index contributed by atoms with van der Waals surface area (Å²) in [6, 6.07) is 25.6. The Balaban J connectivity index is 0.000000196. The van der Waals surface area contributed by atoms with Gasteiger partial charge in [0.25, 0.3) is 0 Å². The second-order valence-electron chi connectivity index (χ2n) is 8.43. The summed E-state index contributed by atoms with van der Waals surface area (Å²) in [5, 5.41) is 12.3. The fourth-order valence-corrected chi connectivity index (χ4v) is 3.99. The number of anilines is 1. The molecule has 0 unspecified atom stereocenters. The largest absolute Gasteiger partial charge is 0.478 e. The van der Waals surface area contributed by atoms with Crippen molar-refractivity contribution in [3.8, 4) is 0 Å². The number of halogens is 4. The average Bonchev–Trinajstić information content (AvgIpc) is 2.99. The molecule has 0 atom stereocenters. The van der Waals surface area contributed by atoms with E-state index in [9.17, 15) is 19.2 Å². The second kappa shape index (κ2) is 16.4. The van der Waals surface area contributed by atoms with Crippen LogP contribution in [0, 0.1) is 0 Å². The van der Waals surface area contributed by atoms with Crippen molar-refractivity contribution in [2.75, 3.05) is 5.32 Å². The van der Waals surface area contributed by atoms with Crippen molar-refractivity contribution in [1.82, 2.24) is 14.5 Å². The van der Waals surface area contributed by atoms with Crippen molar-refractivity contribution in [2.45, 2.75) is 17.1 Å². The van der Waals surface area contributed by atoms with Crippen molar-refractivity contribution in [1.29, 1.82) is 0 Å². The summed E-state index contributed by atoms with van der Waals surface area (Å²) >= 11 is 19.4. The van der Waals surface area contributed by atoms with Crippen molar-refractivity contribution in [2.24, 2.45) is 0 Å². The highest BCUT2D eigenvalue weighted by Crippen LogP contribution is 2.28. The van der Waals surface area contributed by atoms with Gasteiger partial charge in [-0.15, -0.1) is 0 Å². The van der Waals surface area contributed by atoms with Gasteiger partial charge in [-0.2, -0.15) is 0 Å². The van der Waals surface area contributed by atoms with Gasteiger partial charge in [-0.25, -0.2) is 29.1 Å². The van der Waals surface area contributed by atoms with Crippen LogP contribution in [0.5, 0.6) is 0 Å². The van der Waals surface area contributed by atoms with Crippen LogP contribution >= 0.6 is 46.4 Å². The smallest absolute Gasteiger partial charge is 0.423 e. The lowest BCUT2D eigenvalue weighted by Crippen LogP contribution is -2.26. The first-order valence-corrected chi connectivity index (χ1v) is 13.9. The zero-order chi connectivity index (χ0) is 32.1. The van der Waals surface area contributed by atoms with Crippen LogP contribution in [-0.4, -0.2) is 35.0 Å². The maximum Gasteiger partial charge on any atom is 0.423 e. The van der Waals surface area contributed by atoms with Gasteiger partial charge in [0.2, 0.25) is 0 Å². The molecule has 0 bridgehead atoms. The van der Waals surface area contributed by atoms with Gasteiger partial charge < -0.3 is 19.6 Å². The molecule has 0 aliphatic rings. The standard InChI is InChI=1S/C14H10N2O3.C13H12N2O2.C2Cl4O2/c17-13-11-7-4-8-15-12(11)16(14(18)19-13)9-10-5-2-1-3-6-10;16-13(17)11-7-4-8-14-12(11)15-9-10-5-2-1-3-6-10;3-1(7)8-2(4,5)6/h1-8H,9H2;1-8H,9H2,(H,14,15)(H,16,17);. The Morgan fingerprint density at radius 1 is 0.864 bits per heavy atom. The fourth-order valence-electron chi connectivity index (χ4n) is 3.54. The number of benzene rings is 2. The van der Waals surface area contributed by atoms with E-state index in [1.807, 2.05) is 60.7 Å². The van der Waals surface area contributed by atoms with E-state index in [0.29, 0.717) is 29.9 Å². The van der Waals surface area contributed by atoms with Gasteiger partial charge in [0.05, 0.1) is 6.54 Å². The molecule has 5 rings (SSSR count). The number of pyridine rings is 2. The molecule has 0 aliphatic heterocycles. The van der Waals surface area contributed by atoms with Crippen LogP contribution in [0.15, 0.2) is 111 Å². The first-order chi connectivity index (χ1) is 20.9. The Morgan fingerprint density at radius 3 is 2.02 bits per heavy atom. The number of alkyl halides is 3. The van der Waals surface area contributed by atoms with E-state index in [0.717, 1.165) is 11.1 Å². The molecule has 3 heterocycles. The van der Waals surface area contributed by atoms with Crippen LogP contribution in [0.1, 0.15) is 21.5 Å². The summed E-state index contributed by atoms with van der Waals surface area (Å²) in [4.78, 5) is 52.2. The van der Waals surface area contributed by atoms with E-state index in [1.54, 1.807) is 30.6 Å². The van der Waals surface area contributed by atoms with E-state index in [1.165, 1.54) is 10.6 Å². The number of hydrogen-bond donors (Lipinski definition) is 2. The molecule has 44 heavy (non-hydrogen) atoms. The molecule has 0 spiro atoms. The first-order valence-electron chi connectivity index (χ1n) is 12.4. The van der Waals surface area contributed by atoms with Crippen molar-refractivity contribution in [3.63, 3.8) is 0 Å². The molecule has 0 saturated carbocycles. The van der Waals surface area contributed by atoms with Gasteiger partial charge in [-0.3, -0.25) is 4.57 Å². The number of aromatic carboxylic acids is 1. The monoisotopic (exact) mass is 678 g/mol. The molecule has 2 N–H and O–H groups in total. The fraction of sp³-hybridized carbons (Fsp3) is 0.103. The highest BCUT2D eigenvalue weighted by atomic mass is 35.6. The van der Waals surface area contributed by atoms with Crippen LogP contribution in [-0.2, 0) is 17.8 Å². The summed E-state index contributed by atoms with van der Waals surface area (Å²) in [5.74, 6) is -1.28. The summed E-state index contributed by atoms with van der Waals surface area (Å²) < 4.78 is 7.88. The summed E-state index contributed by atoms with van der Waals surface area (Å²) in [6.07, 6.45) is 3.11. The van der Waals surface area contributed by atoms with E-state index in [2.05, 4.69) is 31.6 Å². The van der Waals surface area contributed by atoms with Crippen LogP contribution in [0.2, 0.25) is 0 Å². The third kappa shape index (κ3) is 11.0. The lowest BCUT2D eigenvalue weighted by Gasteiger charge is -2.07. The number of nitrogens with zero attached hydrogens (tertiary/aromatic N) is 3. The van der Waals surface area contributed by atoms with Crippen molar-refractivity contribution >= 4 is 74.7 Å². The van der Waals surface area contributed by atoms with Crippen LogP contribution in [0.3, 0.4) is 0 Å². The Morgan fingerprint density at radius 2 is 1.45 bits per heavy atom. The number of ether oxygens (including phenoxy) is 1. The number of carbonyl (C=O) groups is 2. The predicted octanol–water partition coefficient (Wildman–Crippen LogP) is 6.48. The molecule has 0 radical (unpaired) electrons. The molecule has 228 valence electrons. The molecule has 11 nitrogen and oxygen atoms in total. The van der Waals surface area contributed by atoms with Crippen molar-refractivity contribution < 1.29 is 23.8 Å². The molecule has 2 aromatic carbocycles. The summed E-state index contributed by atoms with van der Waals surface area (Å²) in [5.41, 5.74) is 0.735. The van der Waals surface area contributed by atoms with E-state index in [-0.39, 0.29) is 5.56 Å². The molecule has 0 saturated heterocycles. The molecular weight excluding hydrogens is 658 g/mol. The number of hydrogen-bond acceptors (Lipinski definition) is 9. The zero-order valence-corrected chi connectivity index (χ0v) is 25.4. The van der Waals surface area contributed by atoms with Crippen LogP contribution < -0.4 is 16.7 Å². The molecule has 0 fully saturated rings. The van der Waals surface area contributed by atoms with Crippen molar-refractivity contribution in [3.05, 3.63) is 135 Å². The summed E-state index contributed by atoms with van der Waals surface area (Å²) in [7, 11) is 0. The Kier molecular flexibility index (Phi) is 12.7. The number of rotatable bonds is 6. The highest BCUT2D eigenvalue weighted by molar-refractivity contribution is 6.69. The second-order valence-corrected chi connectivity index (χ2v) is 10.9. The summed E-state index contributed by atoms with van der Waals surface area (Å²) in [6.45, 7) is 0.870. The van der Waals surface area contributed by atoms with Crippen LogP contribution in [0.4, 0.5) is 10.6 Å². The quantitative estimate of drug-likeness (QED) is 0.151. The molecule has 15 heteroatoms. The SMILES string of the molecule is O=C(Cl)OC(Cl)(Cl)Cl.O=C(O)c1cccnc1NCc1ccccc1.O=c1oc(=O)n(Cc2ccccc2)c2ncccc12. The number of aromatic nitrogens is 3. The van der Waals surface area contributed by atoms with E-state index >= 15 is 0 Å². The first kappa shape index (κ1) is 34.1. The Bertz CT molecular complexity index is 1810. The minimum absolute atomic E-state index is 0.184. The molecule has 0 amide bonds. The number of fused-ring (bicyclic) bond motifs is 1. The van der Waals surface area contributed by atoms with E-state index < -0.39 is 26.8 Å². The molecular formula is C29H22Cl4N4O7. The lowest BCUT2D eigenvalue weighted by atomic mass is 10.2. The predicted molar refractivity (Wildman–Crippen MR) is 168 cm³/mol. The minimum atomic E-state index is -2.04. The molecule has 0 aliphatic carbocycles. The van der Waals surface area contributed by atoms with Gasteiger partial charge in [0.15, 0.2) is 5.65 Å². The van der Waals surface area contributed by atoms with Gasteiger partial charge in [0, 0.05) is 30.5 Å². The van der Waals surface area contributed by atoms with Gasteiger partial charge in [-0.1, -0.05) is 60.7 Å². The number of carboxylic acid groups (broad SMARTS) is 1. The third-order valence-corrected chi connectivity index (χ3v) is 5.69. The normalized spacial score (nSPS) is 10.5. The lowest BCUT2D eigenvalue weighted by molar-refractivity contribution is 0.0697. The number of carboxylic acids is 1. The van der Waals surface area contributed by atoms with Gasteiger partial charge in [-0.05, 0) is 70.2 Å². The average molecular weight is 680 g/mol. The highest BCUT2D eigenvalue weighted by Gasteiger charge is 2.23. The maximum absolute atomic E-state index is 11.8. The minimum Gasteiger partial charge on any atom is -0.478 e. The number of carbonyl (C=O) groups excluding carboxylic acids is 1. The zero-order valence-electron chi connectivity index (χ0n) is 22.4. The third-order valence-electron chi connectivity index (χ3n) is 5.38. The maximum atomic E-state index is 11.8. The van der Waals surface area contributed by atoms with Crippen LogP contribution in [0.25, 0.3) is 11.0 Å². The van der Waals surface area contributed by atoms with Gasteiger partial charge in [0.1, 0.15) is 16.8 Å². The Hall–Kier alpha value is -4.42. The van der Waals surface area contributed by atoms with E-state index in [4.69, 9.17) is 44.3 Å².